The molecule has 0 saturated carbocycles. The van der Waals surface area contributed by atoms with Crippen LogP contribution in [0, 0.1) is 0 Å². The fourth-order valence-corrected chi connectivity index (χ4v) is 1.21. The number of rotatable bonds is 1. The number of fused-ring (bicyclic) bond motifs is 1. The summed E-state index contributed by atoms with van der Waals surface area (Å²) >= 11 is 0. The van der Waals surface area contributed by atoms with Gasteiger partial charge in [0, 0.05) is 0 Å². The van der Waals surface area contributed by atoms with Crippen LogP contribution in [0.4, 0.5) is 0 Å². The van der Waals surface area contributed by atoms with Crippen molar-refractivity contribution in [2.24, 2.45) is 0 Å². The molecule has 0 radical (unpaired) electrons. The van der Waals surface area contributed by atoms with Crippen LogP contribution in [0.15, 0.2) is 24.3 Å². The number of halogens is 1. The Morgan fingerprint density at radius 1 is 1.23 bits per heavy atom. The molecule has 70 valence electrons. The van der Waals surface area contributed by atoms with Gasteiger partial charge in [0.25, 0.3) is 0 Å². The normalized spacial score (nSPS) is 13.0. The van der Waals surface area contributed by atoms with Crippen molar-refractivity contribution in [1.29, 1.82) is 0 Å². The summed E-state index contributed by atoms with van der Waals surface area (Å²) in [6.45, 7) is 2.33. The van der Waals surface area contributed by atoms with Gasteiger partial charge in [-0.05, 0) is 24.6 Å². The predicted molar refractivity (Wildman–Crippen MR) is 54.5 cm³/mol. The second-order valence-corrected chi connectivity index (χ2v) is 2.61. The molecule has 0 saturated heterocycles. The van der Waals surface area contributed by atoms with Gasteiger partial charge in [-0.2, -0.15) is 0 Å². The maximum atomic E-state index is 5.23. The topological polar surface area (TPSA) is 18.5 Å². The minimum absolute atomic E-state index is 0. The van der Waals surface area contributed by atoms with Gasteiger partial charge in [0.05, 0.1) is 0 Å². The highest BCUT2D eigenvalue weighted by atomic mass is 35.5. The molecule has 1 aliphatic rings. The standard InChI is InChI=1S/C10H10O2.ClH/c1-2-3-8-4-5-9-10(6-8)12-7-11-9;/h2-6H,7H2,1H3;1H. The number of hydrogen-bond acceptors (Lipinski definition) is 2. The monoisotopic (exact) mass is 198 g/mol. The average molecular weight is 199 g/mol. The Labute approximate surface area is 83.6 Å². The molecule has 0 fully saturated rings. The molecule has 3 heteroatoms. The largest absolute Gasteiger partial charge is 0.454 e. The van der Waals surface area contributed by atoms with Gasteiger partial charge in [0.1, 0.15) is 0 Å². The van der Waals surface area contributed by atoms with Crippen molar-refractivity contribution >= 4 is 18.5 Å². The molecule has 0 unspecified atom stereocenters. The fourth-order valence-electron chi connectivity index (χ4n) is 1.21. The van der Waals surface area contributed by atoms with E-state index in [0.717, 1.165) is 17.1 Å². The van der Waals surface area contributed by atoms with Crippen molar-refractivity contribution in [3.63, 3.8) is 0 Å². The third-order valence-corrected chi connectivity index (χ3v) is 1.76. The van der Waals surface area contributed by atoms with Gasteiger partial charge in [-0.1, -0.05) is 18.2 Å². The molecule has 0 aliphatic carbocycles. The highest BCUT2D eigenvalue weighted by Gasteiger charge is 2.11. The van der Waals surface area contributed by atoms with Crippen LogP contribution in [-0.4, -0.2) is 6.79 Å². The van der Waals surface area contributed by atoms with E-state index < -0.39 is 0 Å². The van der Waals surface area contributed by atoms with Crippen LogP contribution in [0.5, 0.6) is 11.5 Å². The quantitative estimate of drug-likeness (QED) is 0.691. The van der Waals surface area contributed by atoms with Gasteiger partial charge < -0.3 is 9.47 Å². The first-order valence-electron chi connectivity index (χ1n) is 3.92. The predicted octanol–water partition coefficient (Wildman–Crippen LogP) is 2.87. The summed E-state index contributed by atoms with van der Waals surface area (Å²) in [4.78, 5) is 0. The number of ether oxygens (including phenoxy) is 2. The van der Waals surface area contributed by atoms with E-state index in [-0.39, 0.29) is 12.4 Å². The molecular formula is C10H11ClO2. The van der Waals surface area contributed by atoms with Gasteiger partial charge in [0.15, 0.2) is 11.5 Å². The summed E-state index contributed by atoms with van der Waals surface area (Å²) in [6.07, 6.45) is 4.03. The van der Waals surface area contributed by atoms with E-state index >= 15 is 0 Å². The zero-order valence-corrected chi connectivity index (χ0v) is 8.14. The van der Waals surface area contributed by atoms with Crippen LogP contribution < -0.4 is 9.47 Å². The highest BCUT2D eigenvalue weighted by molar-refractivity contribution is 5.85. The van der Waals surface area contributed by atoms with Gasteiger partial charge in [-0.3, -0.25) is 0 Å². The van der Waals surface area contributed by atoms with Crippen molar-refractivity contribution in [2.45, 2.75) is 6.92 Å². The summed E-state index contributed by atoms with van der Waals surface area (Å²) < 4.78 is 10.4. The molecule has 1 aliphatic heterocycles. The molecule has 13 heavy (non-hydrogen) atoms. The van der Waals surface area contributed by atoms with Crippen molar-refractivity contribution in [1.82, 2.24) is 0 Å². The molecule has 2 rings (SSSR count). The lowest BCUT2D eigenvalue weighted by molar-refractivity contribution is 0.174. The van der Waals surface area contributed by atoms with Crippen LogP contribution in [0.1, 0.15) is 12.5 Å². The molecule has 1 aromatic rings. The Kier molecular flexibility index (Phi) is 3.20. The smallest absolute Gasteiger partial charge is 0.231 e. The Morgan fingerprint density at radius 2 is 2.00 bits per heavy atom. The van der Waals surface area contributed by atoms with Crippen LogP contribution >= 0.6 is 12.4 Å². The number of benzene rings is 1. The second kappa shape index (κ2) is 4.19. The maximum absolute atomic E-state index is 5.23. The van der Waals surface area contributed by atoms with E-state index in [4.69, 9.17) is 9.47 Å². The summed E-state index contributed by atoms with van der Waals surface area (Å²) in [7, 11) is 0. The second-order valence-electron chi connectivity index (χ2n) is 2.61. The van der Waals surface area contributed by atoms with E-state index in [9.17, 15) is 0 Å². The molecule has 0 spiro atoms. The summed E-state index contributed by atoms with van der Waals surface area (Å²) in [5.74, 6) is 1.67. The lowest BCUT2D eigenvalue weighted by atomic mass is 10.2. The lowest BCUT2D eigenvalue weighted by Gasteiger charge is -1.96. The Hall–Kier alpha value is -1.15. The first-order valence-corrected chi connectivity index (χ1v) is 3.92. The van der Waals surface area contributed by atoms with E-state index in [1.807, 2.05) is 37.3 Å². The first-order chi connectivity index (χ1) is 5.90. The van der Waals surface area contributed by atoms with Gasteiger partial charge in [0.2, 0.25) is 6.79 Å². The van der Waals surface area contributed by atoms with Crippen molar-refractivity contribution in [3.8, 4) is 11.5 Å². The van der Waals surface area contributed by atoms with Crippen LogP contribution in [0.3, 0.4) is 0 Å². The zero-order chi connectivity index (χ0) is 8.39. The van der Waals surface area contributed by atoms with Gasteiger partial charge in [-0.15, -0.1) is 12.4 Å². The van der Waals surface area contributed by atoms with Crippen LogP contribution in [-0.2, 0) is 0 Å². The Morgan fingerprint density at radius 3 is 2.77 bits per heavy atom. The van der Waals surface area contributed by atoms with Crippen LogP contribution in [0.25, 0.3) is 6.08 Å². The third kappa shape index (κ3) is 1.95. The van der Waals surface area contributed by atoms with E-state index in [2.05, 4.69) is 0 Å². The molecule has 0 N–H and O–H groups in total. The number of allylic oxidation sites excluding steroid dienone is 1. The Balaban J connectivity index is 0.000000845. The highest BCUT2D eigenvalue weighted by Crippen LogP contribution is 2.32. The molecule has 0 bridgehead atoms. The molecular weight excluding hydrogens is 188 g/mol. The van der Waals surface area contributed by atoms with E-state index in [1.54, 1.807) is 0 Å². The van der Waals surface area contributed by atoms with Crippen LogP contribution in [0.2, 0.25) is 0 Å². The third-order valence-electron chi connectivity index (χ3n) is 1.76. The molecule has 1 aromatic carbocycles. The minimum Gasteiger partial charge on any atom is -0.454 e. The first kappa shape index (κ1) is 9.93. The summed E-state index contributed by atoms with van der Waals surface area (Å²) in [5.41, 5.74) is 1.14. The SMILES string of the molecule is CC=Cc1ccc2c(c1)OCO2.Cl. The maximum Gasteiger partial charge on any atom is 0.231 e. The fraction of sp³-hybridized carbons (Fsp3) is 0.200. The molecule has 0 amide bonds. The van der Waals surface area contributed by atoms with E-state index in [0.29, 0.717) is 6.79 Å². The lowest BCUT2D eigenvalue weighted by Crippen LogP contribution is -1.92. The van der Waals surface area contributed by atoms with E-state index in [1.165, 1.54) is 0 Å². The molecule has 0 aromatic heterocycles. The van der Waals surface area contributed by atoms with Gasteiger partial charge >= 0.3 is 0 Å². The Bertz CT molecular complexity index is 321. The molecule has 2 nitrogen and oxygen atoms in total. The van der Waals surface area contributed by atoms with Gasteiger partial charge in [-0.25, -0.2) is 0 Å². The molecule has 0 atom stereocenters. The average Bonchev–Trinajstić information content (AvgIpc) is 2.51. The number of hydrogen-bond donors (Lipinski definition) is 0. The minimum atomic E-state index is 0. The summed E-state index contributed by atoms with van der Waals surface area (Å²) in [6, 6.07) is 5.91. The summed E-state index contributed by atoms with van der Waals surface area (Å²) in [5, 5.41) is 0. The zero-order valence-electron chi connectivity index (χ0n) is 7.32. The van der Waals surface area contributed by atoms with Crippen molar-refractivity contribution in [3.05, 3.63) is 29.8 Å². The van der Waals surface area contributed by atoms with Crippen molar-refractivity contribution in [2.75, 3.05) is 6.79 Å². The van der Waals surface area contributed by atoms with Crippen molar-refractivity contribution < 1.29 is 9.47 Å². The molecule has 1 heterocycles.